The average molecular weight is 415 g/mol. The van der Waals surface area contributed by atoms with Gasteiger partial charge in [0.2, 0.25) is 5.88 Å². The van der Waals surface area contributed by atoms with Gasteiger partial charge in [-0.25, -0.2) is 9.97 Å². The van der Waals surface area contributed by atoms with Gasteiger partial charge >= 0.3 is 6.18 Å². The van der Waals surface area contributed by atoms with Crippen molar-refractivity contribution in [2.75, 3.05) is 6.61 Å². The Bertz CT molecular complexity index is 1120. The molecule has 0 aliphatic heterocycles. The SMILES string of the molecule is CC(C)(C#N)C(=O)COc1ccc(Oc2cnc3cc(C(F)(F)F)ccc3n2)cc1. The molecule has 0 saturated carbocycles. The van der Waals surface area contributed by atoms with Crippen molar-refractivity contribution in [2.45, 2.75) is 20.0 Å². The molecule has 9 heteroatoms. The molecule has 30 heavy (non-hydrogen) atoms. The second-order valence-electron chi connectivity index (χ2n) is 6.93. The fraction of sp³-hybridized carbons (Fsp3) is 0.238. The first-order chi connectivity index (χ1) is 14.1. The van der Waals surface area contributed by atoms with Gasteiger partial charge in [-0.05, 0) is 56.3 Å². The van der Waals surface area contributed by atoms with Crippen LogP contribution in [0.25, 0.3) is 11.0 Å². The second kappa shape index (κ2) is 7.99. The Labute approximate surface area is 169 Å². The Hall–Kier alpha value is -3.67. The van der Waals surface area contributed by atoms with Crippen LogP contribution in [0.1, 0.15) is 19.4 Å². The molecule has 3 aromatic rings. The molecule has 0 unspecified atom stereocenters. The summed E-state index contributed by atoms with van der Waals surface area (Å²) in [4.78, 5) is 20.0. The maximum Gasteiger partial charge on any atom is 0.416 e. The first-order valence-electron chi connectivity index (χ1n) is 8.78. The number of carbonyl (C=O) groups excluding carboxylic acids is 1. The molecular formula is C21H16F3N3O3. The number of ether oxygens (including phenoxy) is 2. The number of alkyl halides is 3. The highest BCUT2D eigenvalue weighted by molar-refractivity contribution is 5.87. The van der Waals surface area contributed by atoms with Crippen molar-refractivity contribution in [3.05, 3.63) is 54.2 Å². The van der Waals surface area contributed by atoms with Gasteiger partial charge < -0.3 is 9.47 Å². The number of rotatable bonds is 6. The molecule has 6 nitrogen and oxygen atoms in total. The van der Waals surface area contributed by atoms with E-state index in [2.05, 4.69) is 9.97 Å². The van der Waals surface area contributed by atoms with Crippen LogP contribution in [0.4, 0.5) is 13.2 Å². The molecule has 0 atom stereocenters. The lowest BCUT2D eigenvalue weighted by molar-refractivity contribution is -0.137. The third-order valence-electron chi connectivity index (χ3n) is 4.24. The highest BCUT2D eigenvalue weighted by Crippen LogP contribution is 2.31. The summed E-state index contributed by atoms with van der Waals surface area (Å²) < 4.78 is 49.3. The van der Waals surface area contributed by atoms with Gasteiger partial charge in [-0.1, -0.05) is 0 Å². The summed E-state index contributed by atoms with van der Waals surface area (Å²) >= 11 is 0. The summed E-state index contributed by atoms with van der Waals surface area (Å²) in [6.07, 6.45) is -3.22. The number of fused-ring (bicyclic) bond motifs is 1. The van der Waals surface area contributed by atoms with E-state index in [1.165, 1.54) is 26.1 Å². The number of hydrogen-bond acceptors (Lipinski definition) is 6. The van der Waals surface area contributed by atoms with Crippen molar-refractivity contribution < 1.29 is 27.4 Å². The molecule has 2 aromatic carbocycles. The molecule has 1 heterocycles. The van der Waals surface area contributed by atoms with Crippen LogP contribution in [-0.2, 0) is 11.0 Å². The van der Waals surface area contributed by atoms with Crippen LogP contribution in [0.15, 0.2) is 48.7 Å². The van der Waals surface area contributed by atoms with Gasteiger partial charge in [0.05, 0.1) is 28.9 Å². The lowest BCUT2D eigenvalue weighted by atomic mass is 9.90. The van der Waals surface area contributed by atoms with Gasteiger partial charge in [-0.15, -0.1) is 0 Å². The molecule has 0 radical (unpaired) electrons. The van der Waals surface area contributed by atoms with Gasteiger partial charge in [0, 0.05) is 0 Å². The maximum absolute atomic E-state index is 12.8. The van der Waals surface area contributed by atoms with Crippen LogP contribution in [0.3, 0.4) is 0 Å². The lowest BCUT2D eigenvalue weighted by Crippen LogP contribution is -2.27. The Morgan fingerprint density at radius 2 is 1.73 bits per heavy atom. The van der Waals surface area contributed by atoms with E-state index in [9.17, 15) is 18.0 Å². The van der Waals surface area contributed by atoms with Gasteiger partial charge in [0.25, 0.3) is 0 Å². The van der Waals surface area contributed by atoms with Crippen LogP contribution >= 0.6 is 0 Å². The molecule has 154 valence electrons. The van der Waals surface area contributed by atoms with E-state index in [0.29, 0.717) is 11.5 Å². The molecule has 0 aliphatic rings. The number of nitrogens with zero attached hydrogens (tertiary/aromatic N) is 3. The van der Waals surface area contributed by atoms with Crippen molar-refractivity contribution >= 4 is 16.8 Å². The van der Waals surface area contributed by atoms with Crippen molar-refractivity contribution in [2.24, 2.45) is 5.41 Å². The standard InChI is InChI=1S/C21H16F3N3O3/c1-20(2,12-25)18(28)11-29-14-4-6-15(7-5-14)30-19-10-26-17-9-13(21(22,23)24)3-8-16(17)27-19/h3-10H,11H2,1-2H3. The lowest BCUT2D eigenvalue weighted by Gasteiger charge is -2.14. The number of Topliss-reactive ketones (excluding diaryl/α,β-unsaturated/α-hetero) is 1. The summed E-state index contributed by atoms with van der Waals surface area (Å²) in [7, 11) is 0. The zero-order chi connectivity index (χ0) is 21.9. The summed E-state index contributed by atoms with van der Waals surface area (Å²) in [5.41, 5.74) is -1.56. The maximum atomic E-state index is 12.8. The average Bonchev–Trinajstić information content (AvgIpc) is 2.71. The molecule has 0 aliphatic carbocycles. The van der Waals surface area contributed by atoms with E-state index in [4.69, 9.17) is 14.7 Å². The topological polar surface area (TPSA) is 85.1 Å². The molecule has 0 amide bonds. The summed E-state index contributed by atoms with van der Waals surface area (Å²) in [5, 5.41) is 8.95. The molecular weight excluding hydrogens is 399 g/mol. The highest BCUT2D eigenvalue weighted by Gasteiger charge is 2.30. The second-order valence-corrected chi connectivity index (χ2v) is 6.93. The molecule has 0 bridgehead atoms. The minimum Gasteiger partial charge on any atom is -0.486 e. The van der Waals surface area contributed by atoms with Crippen molar-refractivity contribution in [1.29, 1.82) is 5.26 Å². The predicted octanol–water partition coefficient (Wildman–Crippen LogP) is 4.94. The predicted molar refractivity (Wildman–Crippen MR) is 101 cm³/mol. The van der Waals surface area contributed by atoms with E-state index in [1.807, 2.05) is 6.07 Å². The van der Waals surface area contributed by atoms with Crippen molar-refractivity contribution in [3.8, 4) is 23.4 Å². The number of halogens is 3. The number of hydrogen-bond donors (Lipinski definition) is 0. The van der Waals surface area contributed by atoms with Gasteiger partial charge in [-0.2, -0.15) is 18.4 Å². The fourth-order valence-electron chi connectivity index (χ4n) is 2.34. The summed E-state index contributed by atoms with van der Waals surface area (Å²) in [6.45, 7) is 2.80. The Kier molecular flexibility index (Phi) is 5.60. The largest absolute Gasteiger partial charge is 0.486 e. The number of ketones is 1. The van der Waals surface area contributed by atoms with E-state index in [-0.39, 0.29) is 29.3 Å². The third kappa shape index (κ3) is 4.84. The molecule has 1 aromatic heterocycles. The Morgan fingerprint density at radius 3 is 2.37 bits per heavy atom. The van der Waals surface area contributed by atoms with Crippen molar-refractivity contribution in [1.82, 2.24) is 9.97 Å². The van der Waals surface area contributed by atoms with Crippen LogP contribution < -0.4 is 9.47 Å². The Morgan fingerprint density at radius 1 is 1.07 bits per heavy atom. The number of carbonyl (C=O) groups is 1. The molecule has 0 saturated heterocycles. The van der Waals surface area contributed by atoms with E-state index < -0.39 is 17.2 Å². The fourth-order valence-corrected chi connectivity index (χ4v) is 2.34. The zero-order valence-electron chi connectivity index (χ0n) is 16.0. The molecule has 0 N–H and O–H groups in total. The number of aromatic nitrogens is 2. The smallest absolute Gasteiger partial charge is 0.416 e. The highest BCUT2D eigenvalue weighted by atomic mass is 19.4. The number of nitriles is 1. The van der Waals surface area contributed by atoms with Crippen LogP contribution in [0.5, 0.6) is 17.4 Å². The number of benzene rings is 2. The quantitative estimate of drug-likeness (QED) is 0.567. The van der Waals surface area contributed by atoms with Crippen LogP contribution in [0.2, 0.25) is 0 Å². The first kappa shape index (κ1) is 21.0. The van der Waals surface area contributed by atoms with E-state index in [1.54, 1.807) is 24.3 Å². The monoisotopic (exact) mass is 415 g/mol. The summed E-state index contributed by atoms with van der Waals surface area (Å²) in [6, 6.07) is 11.3. The van der Waals surface area contributed by atoms with Crippen LogP contribution in [0, 0.1) is 16.7 Å². The minimum atomic E-state index is -4.45. The summed E-state index contributed by atoms with van der Waals surface area (Å²) in [5.74, 6) is 0.577. The van der Waals surface area contributed by atoms with Gasteiger partial charge in [0.1, 0.15) is 23.5 Å². The normalized spacial score (nSPS) is 11.7. The molecule has 0 spiro atoms. The van der Waals surface area contributed by atoms with Gasteiger partial charge in [0.15, 0.2) is 5.78 Å². The van der Waals surface area contributed by atoms with Crippen LogP contribution in [-0.4, -0.2) is 22.4 Å². The molecule has 3 rings (SSSR count). The van der Waals surface area contributed by atoms with E-state index >= 15 is 0 Å². The first-order valence-corrected chi connectivity index (χ1v) is 8.78. The van der Waals surface area contributed by atoms with Gasteiger partial charge in [-0.3, -0.25) is 4.79 Å². The van der Waals surface area contributed by atoms with Crippen molar-refractivity contribution in [3.63, 3.8) is 0 Å². The molecule has 0 fully saturated rings. The Balaban J connectivity index is 1.67. The minimum absolute atomic E-state index is 0.103. The third-order valence-corrected chi connectivity index (χ3v) is 4.24. The zero-order valence-corrected chi connectivity index (χ0v) is 16.0. The van der Waals surface area contributed by atoms with E-state index in [0.717, 1.165) is 12.1 Å².